The van der Waals surface area contributed by atoms with E-state index in [1.165, 1.54) is 0 Å². The van der Waals surface area contributed by atoms with Crippen LogP contribution in [0.1, 0.15) is 12.8 Å². The van der Waals surface area contributed by atoms with Crippen LogP contribution in [0.15, 0.2) is 0 Å². The predicted octanol–water partition coefficient (Wildman–Crippen LogP) is -2.05. The standard InChI is InChI=1S/C6H12N2O4/c7-4(6(9)10)1-3-2-5(3)8(11)12/h3-5,8,11H,1-2,7H2,(H,9,10)/t3-,4+,5-/m1/s1. The van der Waals surface area contributed by atoms with Crippen molar-refractivity contribution in [3.05, 3.63) is 5.21 Å². The first-order valence-corrected chi connectivity index (χ1v) is 3.73. The summed E-state index contributed by atoms with van der Waals surface area (Å²) >= 11 is 0. The molecule has 5 N–H and O–H groups in total. The molecular formula is C6H12N2O4. The fourth-order valence-corrected chi connectivity index (χ4v) is 1.24. The molecule has 12 heavy (non-hydrogen) atoms. The minimum Gasteiger partial charge on any atom is -0.600 e. The van der Waals surface area contributed by atoms with E-state index >= 15 is 0 Å². The first-order chi connectivity index (χ1) is 5.52. The minimum atomic E-state index is -1.06. The van der Waals surface area contributed by atoms with Crippen LogP contribution in [0.5, 0.6) is 0 Å². The quantitative estimate of drug-likeness (QED) is 0.368. The second-order valence-electron chi connectivity index (χ2n) is 3.12. The van der Waals surface area contributed by atoms with Gasteiger partial charge < -0.3 is 16.0 Å². The highest BCUT2D eigenvalue weighted by molar-refractivity contribution is 5.73. The Hall–Kier alpha value is -0.690. The third-order valence-electron chi connectivity index (χ3n) is 2.11. The first-order valence-electron chi connectivity index (χ1n) is 3.73. The average molecular weight is 176 g/mol. The van der Waals surface area contributed by atoms with Gasteiger partial charge in [-0.3, -0.25) is 4.79 Å². The molecule has 0 aromatic carbocycles. The lowest BCUT2D eigenvalue weighted by Crippen LogP contribution is -3.06. The Morgan fingerprint density at radius 2 is 2.42 bits per heavy atom. The highest BCUT2D eigenvalue weighted by Gasteiger charge is 2.45. The molecule has 0 heterocycles. The van der Waals surface area contributed by atoms with E-state index in [1.807, 2.05) is 0 Å². The van der Waals surface area contributed by atoms with Gasteiger partial charge in [-0.1, -0.05) is 0 Å². The van der Waals surface area contributed by atoms with Gasteiger partial charge in [-0.05, 0) is 6.42 Å². The summed E-state index contributed by atoms with van der Waals surface area (Å²) in [7, 11) is 0. The van der Waals surface area contributed by atoms with Crippen molar-refractivity contribution in [3.63, 3.8) is 0 Å². The molecule has 0 aliphatic heterocycles. The van der Waals surface area contributed by atoms with Crippen LogP contribution in [-0.2, 0) is 4.79 Å². The van der Waals surface area contributed by atoms with Gasteiger partial charge in [-0.2, -0.15) is 0 Å². The number of carboxylic acid groups (broad SMARTS) is 1. The van der Waals surface area contributed by atoms with Crippen molar-refractivity contribution in [2.24, 2.45) is 11.7 Å². The van der Waals surface area contributed by atoms with Gasteiger partial charge in [0.1, 0.15) is 12.1 Å². The van der Waals surface area contributed by atoms with E-state index in [9.17, 15) is 10.0 Å². The third kappa shape index (κ3) is 2.15. The molecule has 6 nitrogen and oxygen atoms in total. The van der Waals surface area contributed by atoms with Crippen molar-refractivity contribution in [1.82, 2.24) is 0 Å². The number of rotatable bonds is 4. The molecule has 0 saturated heterocycles. The summed E-state index contributed by atoms with van der Waals surface area (Å²) in [5.74, 6) is -1.10. The Bertz CT molecular complexity index is 184. The van der Waals surface area contributed by atoms with Crippen molar-refractivity contribution >= 4 is 5.97 Å². The molecule has 0 radical (unpaired) electrons. The fourth-order valence-electron chi connectivity index (χ4n) is 1.24. The molecular weight excluding hydrogens is 164 g/mol. The van der Waals surface area contributed by atoms with Crippen molar-refractivity contribution in [2.75, 3.05) is 0 Å². The molecule has 6 heteroatoms. The Balaban J connectivity index is 2.23. The lowest BCUT2D eigenvalue weighted by atomic mass is 10.1. The van der Waals surface area contributed by atoms with E-state index in [-0.39, 0.29) is 18.4 Å². The number of hydroxylamine groups is 2. The van der Waals surface area contributed by atoms with Crippen LogP contribution in [-0.4, -0.2) is 28.4 Å². The molecule has 4 atom stereocenters. The summed E-state index contributed by atoms with van der Waals surface area (Å²) in [4.78, 5) is 10.3. The van der Waals surface area contributed by atoms with Crippen LogP contribution < -0.4 is 11.0 Å². The van der Waals surface area contributed by atoms with Crippen LogP contribution >= 0.6 is 0 Å². The molecule has 0 amide bonds. The zero-order chi connectivity index (χ0) is 9.30. The van der Waals surface area contributed by atoms with Crippen LogP contribution in [0.25, 0.3) is 0 Å². The van der Waals surface area contributed by atoms with E-state index in [0.29, 0.717) is 6.42 Å². The molecule has 0 aromatic rings. The van der Waals surface area contributed by atoms with Gasteiger partial charge in [0.15, 0.2) is 0 Å². The first kappa shape index (κ1) is 9.40. The van der Waals surface area contributed by atoms with Gasteiger partial charge in [-0.25, -0.2) is 10.4 Å². The lowest BCUT2D eigenvalue weighted by molar-refractivity contribution is -1.06. The highest BCUT2D eigenvalue weighted by Crippen LogP contribution is 2.31. The number of carboxylic acids is 1. The summed E-state index contributed by atoms with van der Waals surface area (Å²) in [5.41, 5.74) is 5.23. The van der Waals surface area contributed by atoms with E-state index in [0.717, 1.165) is 0 Å². The number of quaternary nitrogens is 1. The Labute approximate surface area is 69.1 Å². The second-order valence-corrected chi connectivity index (χ2v) is 3.12. The smallest absolute Gasteiger partial charge is 0.320 e. The van der Waals surface area contributed by atoms with Crippen LogP contribution in [0.4, 0.5) is 0 Å². The maximum absolute atomic E-state index is 10.3. The molecule has 0 spiro atoms. The number of nitrogens with two attached hydrogens (primary N) is 1. The van der Waals surface area contributed by atoms with E-state index < -0.39 is 17.2 Å². The highest BCUT2D eigenvalue weighted by atomic mass is 16.8. The van der Waals surface area contributed by atoms with Crippen molar-refractivity contribution < 1.29 is 20.3 Å². The van der Waals surface area contributed by atoms with Gasteiger partial charge in [0.05, 0.1) is 0 Å². The number of aliphatic carboxylic acids is 1. The second kappa shape index (κ2) is 3.36. The number of nitrogens with one attached hydrogen (secondary N) is 1. The van der Waals surface area contributed by atoms with Gasteiger partial charge in [-0.15, -0.1) is 0 Å². The van der Waals surface area contributed by atoms with Crippen LogP contribution in [0.3, 0.4) is 0 Å². The summed E-state index contributed by atoms with van der Waals surface area (Å²) in [5, 5.41) is 26.4. The molecule has 1 rings (SSSR count). The molecule has 1 saturated carbocycles. The monoisotopic (exact) mass is 176 g/mol. The van der Waals surface area contributed by atoms with Gasteiger partial charge in [0, 0.05) is 12.3 Å². The van der Waals surface area contributed by atoms with E-state index in [1.54, 1.807) is 0 Å². The lowest BCUT2D eigenvalue weighted by Gasteiger charge is -2.12. The Morgan fingerprint density at radius 3 is 2.75 bits per heavy atom. The van der Waals surface area contributed by atoms with E-state index in [2.05, 4.69) is 0 Å². The van der Waals surface area contributed by atoms with Gasteiger partial charge in [0.2, 0.25) is 0 Å². The summed E-state index contributed by atoms with van der Waals surface area (Å²) in [6.07, 6.45) is 0.836. The van der Waals surface area contributed by atoms with Gasteiger partial charge >= 0.3 is 5.97 Å². The summed E-state index contributed by atoms with van der Waals surface area (Å²) < 4.78 is 0. The Kier molecular flexibility index (Phi) is 2.63. The molecule has 0 aromatic heterocycles. The van der Waals surface area contributed by atoms with Gasteiger partial charge in [0.25, 0.3) is 0 Å². The normalized spacial score (nSPS) is 32.6. The molecule has 1 aliphatic rings. The number of hydrogen-bond acceptors (Lipinski definition) is 4. The zero-order valence-electron chi connectivity index (χ0n) is 6.43. The average Bonchev–Trinajstić information content (AvgIpc) is 2.67. The number of carbonyl (C=O) groups is 1. The molecule has 0 bridgehead atoms. The zero-order valence-corrected chi connectivity index (χ0v) is 6.43. The van der Waals surface area contributed by atoms with E-state index in [4.69, 9.17) is 16.0 Å². The van der Waals surface area contributed by atoms with Crippen LogP contribution in [0, 0.1) is 11.1 Å². The van der Waals surface area contributed by atoms with Crippen LogP contribution in [0.2, 0.25) is 0 Å². The largest absolute Gasteiger partial charge is 0.600 e. The topological polar surface area (TPSA) is 111 Å². The minimum absolute atomic E-state index is 0.0337. The fraction of sp³-hybridized carbons (Fsp3) is 0.833. The van der Waals surface area contributed by atoms with Crippen molar-refractivity contribution in [1.29, 1.82) is 0 Å². The third-order valence-corrected chi connectivity index (χ3v) is 2.11. The number of hydrogen-bond donors (Lipinski definition) is 4. The predicted molar refractivity (Wildman–Crippen MR) is 38.2 cm³/mol. The maximum Gasteiger partial charge on any atom is 0.320 e. The summed E-state index contributed by atoms with van der Waals surface area (Å²) in [6.45, 7) is 0. The van der Waals surface area contributed by atoms with Crippen molar-refractivity contribution in [3.8, 4) is 0 Å². The maximum atomic E-state index is 10.3. The Morgan fingerprint density at radius 1 is 1.83 bits per heavy atom. The summed E-state index contributed by atoms with van der Waals surface area (Å²) in [6, 6.07) is -1.28. The SMILES string of the molecule is N[C@@H](C[C@@H]1C[C@H]1[NH+]([O-])O)C(=O)O. The molecule has 1 unspecified atom stereocenters. The molecule has 1 aliphatic carbocycles. The molecule has 1 fully saturated rings. The van der Waals surface area contributed by atoms with Crippen molar-refractivity contribution in [2.45, 2.75) is 24.9 Å². The molecule has 70 valence electrons.